The highest BCUT2D eigenvalue weighted by molar-refractivity contribution is 5.91. The van der Waals surface area contributed by atoms with Gasteiger partial charge in [-0.05, 0) is 67.1 Å². The van der Waals surface area contributed by atoms with E-state index in [1.54, 1.807) is 18.9 Å². The van der Waals surface area contributed by atoms with Gasteiger partial charge in [0.05, 0.1) is 19.1 Å². The van der Waals surface area contributed by atoms with Crippen molar-refractivity contribution in [1.29, 1.82) is 0 Å². The number of hydrogen-bond donors (Lipinski definition) is 4. The van der Waals surface area contributed by atoms with Gasteiger partial charge in [0, 0.05) is 30.8 Å². The number of aldehydes is 1. The first-order valence-electron chi connectivity index (χ1n) is 19.9. The Hall–Kier alpha value is -6.34. The number of carbonyl (C=O) groups is 6. The van der Waals surface area contributed by atoms with Gasteiger partial charge < -0.3 is 35.5 Å². The molecule has 0 saturated carbocycles. The molecule has 4 atom stereocenters. The third kappa shape index (κ3) is 13.4. The molecule has 0 aromatic heterocycles. The summed E-state index contributed by atoms with van der Waals surface area (Å²) in [5, 5.41) is 10.8. The van der Waals surface area contributed by atoms with Gasteiger partial charge in [0.25, 0.3) is 0 Å². The predicted octanol–water partition coefficient (Wildman–Crippen LogP) is 4.68. The molecule has 4 aromatic rings. The summed E-state index contributed by atoms with van der Waals surface area (Å²) in [5.74, 6) is -2.07. The van der Waals surface area contributed by atoms with Crippen LogP contribution in [-0.4, -0.2) is 91.9 Å². The molecule has 0 aliphatic heterocycles. The number of amides is 4. The van der Waals surface area contributed by atoms with Gasteiger partial charge in [-0.15, -0.1) is 0 Å². The molecule has 0 heterocycles. The van der Waals surface area contributed by atoms with E-state index in [1.807, 2.05) is 104 Å². The molecule has 13 heteroatoms. The van der Waals surface area contributed by atoms with Gasteiger partial charge in [-0.25, -0.2) is 4.79 Å². The van der Waals surface area contributed by atoms with Crippen molar-refractivity contribution in [3.05, 3.63) is 131 Å². The minimum absolute atomic E-state index is 0.0140. The number of rotatable bonds is 21. The van der Waals surface area contributed by atoms with Gasteiger partial charge in [0.15, 0.2) is 0 Å². The number of esters is 1. The quantitative estimate of drug-likeness (QED) is 0.0690. The van der Waals surface area contributed by atoms with Crippen LogP contribution < -0.4 is 21.3 Å². The number of nitrogens with one attached hydrogen (secondary N) is 4. The molecule has 13 nitrogen and oxygen atoms in total. The van der Waals surface area contributed by atoms with E-state index in [1.165, 1.54) is 0 Å². The Bertz CT molecular complexity index is 2000. The molecular weight excluding hydrogens is 751 g/mol. The van der Waals surface area contributed by atoms with E-state index in [2.05, 4.69) is 33.4 Å². The molecule has 4 N–H and O–H groups in total. The summed E-state index contributed by atoms with van der Waals surface area (Å²) >= 11 is 0. The Kier molecular flexibility index (Phi) is 16.3. The predicted molar refractivity (Wildman–Crippen MR) is 223 cm³/mol. The van der Waals surface area contributed by atoms with E-state index >= 15 is 0 Å². The number of alkyl carbamates (subject to hydrolysis) is 1. The lowest BCUT2D eigenvalue weighted by Gasteiger charge is -2.27. The van der Waals surface area contributed by atoms with Crippen LogP contribution >= 0.6 is 0 Å². The van der Waals surface area contributed by atoms with Crippen LogP contribution in [0.2, 0.25) is 0 Å². The fourth-order valence-corrected chi connectivity index (χ4v) is 6.96. The normalized spacial score (nSPS) is 13.8. The van der Waals surface area contributed by atoms with Gasteiger partial charge in [0.1, 0.15) is 25.5 Å². The van der Waals surface area contributed by atoms with Crippen LogP contribution in [0.4, 0.5) is 4.79 Å². The number of ether oxygens (including phenoxy) is 2. The van der Waals surface area contributed by atoms with Crippen LogP contribution in [0.15, 0.2) is 109 Å². The number of benzene rings is 4. The second-order valence-electron chi connectivity index (χ2n) is 14.9. The van der Waals surface area contributed by atoms with Crippen molar-refractivity contribution in [3.63, 3.8) is 0 Å². The fourth-order valence-electron chi connectivity index (χ4n) is 6.96. The molecule has 0 bridgehead atoms. The fraction of sp³-hybridized carbons (Fsp3) is 0.348. The lowest BCUT2D eigenvalue weighted by molar-refractivity contribution is -0.146. The highest BCUT2D eigenvalue weighted by atomic mass is 16.5. The maximum atomic E-state index is 13.5. The Morgan fingerprint density at radius 2 is 1.32 bits per heavy atom. The van der Waals surface area contributed by atoms with Crippen molar-refractivity contribution < 1.29 is 38.2 Å². The van der Waals surface area contributed by atoms with Crippen LogP contribution in [0.25, 0.3) is 11.1 Å². The van der Waals surface area contributed by atoms with E-state index in [9.17, 15) is 28.8 Å². The molecule has 0 fully saturated rings. The zero-order chi connectivity index (χ0) is 42.1. The number of fused-ring (bicyclic) bond motifs is 3. The number of carbonyl (C=O) groups excluding carboxylic acids is 6. The smallest absolute Gasteiger partial charge is 0.407 e. The van der Waals surface area contributed by atoms with Crippen LogP contribution in [0.1, 0.15) is 61.3 Å². The van der Waals surface area contributed by atoms with Crippen molar-refractivity contribution in [2.45, 2.75) is 76.2 Å². The third-order valence-corrected chi connectivity index (χ3v) is 10.4. The average molecular weight is 804 g/mol. The van der Waals surface area contributed by atoms with E-state index in [4.69, 9.17) is 9.47 Å². The highest BCUT2D eigenvalue weighted by Gasteiger charge is 2.30. The molecule has 4 unspecified atom stereocenters. The monoisotopic (exact) mass is 803 g/mol. The molecule has 4 aromatic carbocycles. The highest BCUT2D eigenvalue weighted by Crippen LogP contribution is 2.44. The third-order valence-electron chi connectivity index (χ3n) is 10.4. The summed E-state index contributed by atoms with van der Waals surface area (Å²) in [6.45, 7) is 3.52. The van der Waals surface area contributed by atoms with Gasteiger partial charge in [-0.2, -0.15) is 0 Å². The first-order valence-corrected chi connectivity index (χ1v) is 19.9. The zero-order valence-corrected chi connectivity index (χ0v) is 33.7. The van der Waals surface area contributed by atoms with Gasteiger partial charge in [0.2, 0.25) is 17.7 Å². The molecule has 0 spiro atoms. The van der Waals surface area contributed by atoms with Crippen molar-refractivity contribution in [2.75, 3.05) is 26.7 Å². The summed E-state index contributed by atoms with van der Waals surface area (Å²) < 4.78 is 11.0. The summed E-state index contributed by atoms with van der Waals surface area (Å²) in [5.41, 5.74) is 6.13. The number of hydrogen-bond acceptors (Lipinski definition) is 9. The van der Waals surface area contributed by atoms with Crippen molar-refractivity contribution >= 4 is 36.1 Å². The van der Waals surface area contributed by atoms with E-state index in [0.717, 1.165) is 33.4 Å². The maximum Gasteiger partial charge on any atom is 0.407 e. The molecule has 1 aliphatic rings. The lowest BCUT2D eigenvalue weighted by atomic mass is 9.98. The van der Waals surface area contributed by atoms with Gasteiger partial charge in [-0.1, -0.05) is 109 Å². The Labute approximate surface area is 345 Å². The van der Waals surface area contributed by atoms with E-state index in [0.29, 0.717) is 12.7 Å². The molecule has 5 rings (SSSR count). The SMILES string of the molecule is CC(CCC(=O)NCC(=O)NC(Cc1ccccc1)C(=O)NC(C=O)CC(C)N(C)CC(=O)OCc1ccccc1)NC(=O)OCC1c2ccccc2-c2ccccc21. The van der Waals surface area contributed by atoms with E-state index < -0.39 is 41.9 Å². The zero-order valence-electron chi connectivity index (χ0n) is 33.7. The summed E-state index contributed by atoms with van der Waals surface area (Å²) in [6.07, 6.45) is 0.713. The van der Waals surface area contributed by atoms with Crippen LogP contribution in [0.3, 0.4) is 0 Å². The van der Waals surface area contributed by atoms with Crippen LogP contribution in [0, 0.1) is 0 Å². The Balaban J connectivity index is 1.04. The summed E-state index contributed by atoms with van der Waals surface area (Å²) in [6, 6.07) is 31.9. The Morgan fingerprint density at radius 3 is 1.95 bits per heavy atom. The number of nitrogens with zero attached hydrogens (tertiary/aromatic N) is 1. The maximum absolute atomic E-state index is 13.5. The van der Waals surface area contributed by atoms with Gasteiger partial charge in [-0.3, -0.25) is 24.1 Å². The molecular formula is C46H53N5O8. The second kappa shape index (κ2) is 22.0. The minimum atomic E-state index is -1.05. The van der Waals surface area contributed by atoms with E-state index in [-0.39, 0.29) is 63.6 Å². The number of likely N-dealkylation sites (N-methyl/N-ethyl adjacent to an activating group) is 1. The van der Waals surface area contributed by atoms with Crippen molar-refractivity contribution in [1.82, 2.24) is 26.2 Å². The minimum Gasteiger partial charge on any atom is -0.460 e. The largest absolute Gasteiger partial charge is 0.460 e. The standard InChI is InChI=1S/C46H53N5O8/c1-31(48-46(57)59-30-40-38-20-12-10-18-36(38)37-19-11-13-21-39(37)40)22-23-42(53)47-26-43(54)50-41(25-33-14-6-4-7-15-33)45(56)49-35(28-52)24-32(2)51(3)27-44(55)58-29-34-16-8-5-9-17-34/h4-21,28,31-32,35,40-41H,22-27,29-30H2,1-3H3,(H,47,53)(H,48,57)(H,49,56)(H,50,54). The van der Waals surface area contributed by atoms with Crippen molar-refractivity contribution in [3.8, 4) is 11.1 Å². The summed E-state index contributed by atoms with van der Waals surface area (Å²) in [4.78, 5) is 78.3. The molecule has 310 valence electrons. The van der Waals surface area contributed by atoms with Gasteiger partial charge >= 0.3 is 12.1 Å². The topological polar surface area (TPSA) is 172 Å². The molecule has 0 radical (unpaired) electrons. The van der Waals surface area contributed by atoms with Crippen molar-refractivity contribution in [2.24, 2.45) is 0 Å². The summed E-state index contributed by atoms with van der Waals surface area (Å²) in [7, 11) is 1.73. The molecule has 1 aliphatic carbocycles. The molecule has 4 amide bonds. The lowest BCUT2D eigenvalue weighted by Crippen LogP contribution is -2.53. The van der Waals surface area contributed by atoms with Crippen LogP contribution in [0.5, 0.6) is 0 Å². The molecule has 59 heavy (non-hydrogen) atoms. The second-order valence-corrected chi connectivity index (χ2v) is 14.9. The first-order chi connectivity index (χ1) is 28.5. The molecule has 0 saturated heterocycles. The first kappa shape index (κ1) is 43.8. The average Bonchev–Trinajstić information content (AvgIpc) is 3.56. The Morgan fingerprint density at radius 1 is 0.729 bits per heavy atom. The van der Waals surface area contributed by atoms with Crippen LogP contribution in [-0.2, 0) is 46.5 Å².